The van der Waals surface area contributed by atoms with Gasteiger partial charge in [0, 0.05) is 11.1 Å². The highest BCUT2D eigenvalue weighted by molar-refractivity contribution is 5.82. The lowest BCUT2D eigenvalue weighted by atomic mass is 9.98. The van der Waals surface area contributed by atoms with E-state index in [0.717, 1.165) is 27.7 Å². The van der Waals surface area contributed by atoms with Gasteiger partial charge in [-0.15, -0.1) is 6.58 Å². The van der Waals surface area contributed by atoms with Crippen molar-refractivity contribution in [2.24, 2.45) is 0 Å². The summed E-state index contributed by atoms with van der Waals surface area (Å²) in [4.78, 5) is 4.46. The van der Waals surface area contributed by atoms with Crippen LogP contribution in [0.2, 0.25) is 0 Å². The van der Waals surface area contributed by atoms with E-state index in [1.807, 2.05) is 44.2 Å². The van der Waals surface area contributed by atoms with Crippen LogP contribution in [-0.2, 0) is 0 Å². The van der Waals surface area contributed by atoms with Gasteiger partial charge in [0.05, 0.1) is 11.6 Å². The van der Waals surface area contributed by atoms with E-state index in [2.05, 4.69) is 11.6 Å². The summed E-state index contributed by atoms with van der Waals surface area (Å²) in [5.41, 5.74) is 3.79. The average Bonchev–Trinajstić information content (AvgIpc) is 2.26. The van der Waals surface area contributed by atoms with Gasteiger partial charge in [0.25, 0.3) is 0 Å². The van der Waals surface area contributed by atoms with Crippen molar-refractivity contribution >= 4 is 10.9 Å². The van der Waals surface area contributed by atoms with E-state index in [1.54, 1.807) is 0 Å². The number of aliphatic hydroxyl groups excluding tert-OH is 1. The van der Waals surface area contributed by atoms with Crippen LogP contribution in [0.1, 0.15) is 30.7 Å². The minimum atomic E-state index is -0.501. The molecular weight excluding hydrogens is 210 g/mol. The van der Waals surface area contributed by atoms with Crippen molar-refractivity contribution in [2.75, 3.05) is 0 Å². The third kappa shape index (κ3) is 2.53. The van der Waals surface area contributed by atoms with Crippen molar-refractivity contribution in [3.8, 4) is 0 Å². The topological polar surface area (TPSA) is 33.1 Å². The fourth-order valence-corrected chi connectivity index (χ4v) is 2.06. The Morgan fingerprint density at radius 2 is 2.12 bits per heavy atom. The lowest BCUT2D eigenvalue weighted by Gasteiger charge is -2.14. The molecular formula is C15H17NO. The predicted octanol–water partition coefficient (Wildman–Crippen LogP) is 3.54. The van der Waals surface area contributed by atoms with E-state index in [0.29, 0.717) is 6.42 Å². The number of hydrogen-bond donors (Lipinski definition) is 1. The molecule has 0 radical (unpaired) electrons. The molecule has 0 saturated carbocycles. The molecule has 88 valence electrons. The van der Waals surface area contributed by atoms with Gasteiger partial charge in [-0.2, -0.15) is 0 Å². The van der Waals surface area contributed by atoms with Crippen LogP contribution in [0.3, 0.4) is 0 Å². The molecule has 0 spiro atoms. The quantitative estimate of drug-likeness (QED) is 0.813. The van der Waals surface area contributed by atoms with Crippen molar-refractivity contribution < 1.29 is 5.11 Å². The van der Waals surface area contributed by atoms with Gasteiger partial charge in [-0.05, 0) is 38.0 Å². The van der Waals surface area contributed by atoms with Crippen LogP contribution in [0.25, 0.3) is 10.9 Å². The molecule has 0 aliphatic heterocycles. The van der Waals surface area contributed by atoms with Crippen molar-refractivity contribution in [2.45, 2.75) is 26.4 Å². The summed E-state index contributed by atoms with van der Waals surface area (Å²) in [7, 11) is 0. The number of aryl methyl sites for hydroxylation is 1. The molecule has 1 unspecified atom stereocenters. The number of benzene rings is 1. The van der Waals surface area contributed by atoms with Crippen molar-refractivity contribution in [3.05, 3.63) is 53.7 Å². The summed E-state index contributed by atoms with van der Waals surface area (Å²) < 4.78 is 0. The number of nitrogens with zero attached hydrogens (tertiary/aromatic N) is 1. The van der Waals surface area contributed by atoms with Gasteiger partial charge < -0.3 is 5.11 Å². The molecule has 17 heavy (non-hydrogen) atoms. The van der Waals surface area contributed by atoms with Crippen LogP contribution in [-0.4, -0.2) is 10.1 Å². The fourth-order valence-electron chi connectivity index (χ4n) is 2.06. The number of hydrogen-bond acceptors (Lipinski definition) is 2. The van der Waals surface area contributed by atoms with Crippen LogP contribution >= 0.6 is 0 Å². The van der Waals surface area contributed by atoms with Crippen molar-refractivity contribution in [1.82, 2.24) is 4.98 Å². The highest BCUT2D eigenvalue weighted by Crippen LogP contribution is 2.27. The van der Waals surface area contributed by atoms with Crippen LogP contribution < -0.4 is 0 Å². The maximum atomic E-state index is 10.2. The molecule has 1 aromatic carbocycles. The molecule has 1 atom stereocenters. The Bertz CT molecular complexity index is 560. The zero-order chi connectivity index (χ0) is 12.4. The van der Waals surface area contributed by atoms with E-state index in [-0.39, 0.29) is 0 Å². The number of fused-ring (bicyclic) bond motifs is 1. The number of aliphatic hydroxyl groups is 1. The third-order valence-corrected chi connectivity index (χ3v) is 2.78. The van der Waals surface area contributed by atoms with Gasteiger partial charge in [0.15, 0.2) is 0 Å². The highest BCUT2D eigenvalue weighted by Gasteiger charge is 2.12. The largest absolute Gasteiger partial charge is 0.388 e. The van der Waals surface area contributed by atoms with E-state index in [4.69, 9.17) is 0 Å². The second-order valence-corrected chi connectivity index (χ2v) is 4.55. The monoisotopic (exact) mass is 227 g/mol. The first-order valence-corrected chi connectivity index (χ1v) is 5.76. The molecule has 0 aliphatic carbocycles. The Hall–Kier alpha value is -1.67. The van der Waals surface area contributed by atoms with Gasteiger partial charge in [-0.25, -0.2) is 0 Å². The van der Waals surface area contributed by atoms with Gasteiger partial charge in [0.1, 0.15) is 0 Å². The van der Waals surface area contributed by atoms with Gasteiger partial charge in [0.2, 0.25) is 0 Å². The molecule has 0 fully saturated rings. The maximum absolute atomic E-state index is 10.2. The summed E-state index contributed by atoms with van der Waals surface area (Å²) >= 11 is 0. The standard InChI is InChI=1S/C15H17NO/c1-10(2)8-15(17)13-9-11(3)16-14-7-5-4-6-12(13)14/h4-7,9,15,17H,1,8H2,2-3H3. The third-order valence-electron chi connectivity index (χ3n) is 2.78. The Morgan fingerprint density at radius 1 is 1.41 bits per heavy atom. The molecule has 0 bridgehead atoms. The molecule has 2 heteroatoms. The lowest BCUT2D eigenvalue weighted by Crippen LogP contribution is -2.01. The molecule has 0 amide bonds. The molecule has 2 rings (SSSR count). The number of para-hydroxylation sites is 1. The second-order valence-electron chi connectivity index (χ2n) is 4.55. The Morgan fingerprint density at radius 3 is 2.82 bits per heavy atom. The van der Waals surface area contributed by atoms with Gasteiger partial charge >= 0.3 is 0 Å². The molecule has 1 heterocycles. The molecule has 2 nitrogen and oxygen atoms in total. The second kappa shape index (κ2) is 4.68. The minimum absolute atomic E-state index is 0.501. The first kappa shape index (κ1) is 11.8. The van der Waals surface area contributed by atoms with E-state index < -0.39 is 6.10 Å². The molecule has 1 aromatic heterocycles. The van der Waals surface area contributed by atoms with E-state index >= 15 is 0 Å². The highest BCUT2D eigenvalue weighted by atomic mass is 16.3. The summed E-state index contributed by atoms with van der Waals surface area (Å²) in [6.45, 7) is 7.73. The molecule has 0 saturated heterocycles. The fraction of sp³-hybridized carbons (Fsp3) is 0.267. The van der Waals surface area contributed by atoms with Crippen LogP contribution in [0, 0.1) is 6.92 Å². The smallest absolute Gasteiger partial charge is 0.0834 e. The first-order chi connectivity index (χ1) is 8.08. The normalized spacial score (nSPS) is 12.6. The minimum Gasteiger partial charge on any atom is -0.388 e. The Kier molecular flexibility index (Phi) is 3.25. The first-order valence-electron chi connectivity index (χ1n) is 5.76. The predicted molar refractivity (Wildman–Crippen MR) is 70.9 cm³/mol. The Balaban J connectivity index is 2.55. The SMILES string of the molecule is C=C(C)CC(O)c1cc(C)nc2ccccc12. The summed E-state index contributed by atoms with van der Waals surface area (Å²) in [5, 5.41) is 11.2. The molecule has 2 aromatic rings. The van der Waals surface area contributed by atoms with Gasteiger partial charge in [-0.3, -0.25) is 4.98 Å². The van der Waals surface area contributed by atoms with Crippen molar-refractivity contribution in [3.63, 3.8) is 0 Å². The molecule has 1 N–H and O–H groups in total. The average molecular weight is 227 g/mol. The lowest BCUT2D eigenvalue weighted by molar-refractivity contribution is 0.180. The zero-order valence-electron chi connectivity index (χ0n) is 10.3. The number of aromatic nitrogens is 1. The zero-order valence-corrected chi connectivity index (χ0v) is 10.3. The molecule has 0 aliphatic rings. The van der Waals surface area contributed by atoms with Gasteiger partial charge in [-0.1, -0.05) is 23.8 Å². The summed E-state index contributed by atoms with van der Waals surface area (Å²) in [6, 6.07) is 9.86. The van der Waals surface area contributed by atoms with E-state index in [9.17, 15) is 5.11 Å². The maximum Gasteiger partial charge on any atom is 0.0834 e. The summed E-state index contributed by atoms with van der Waals surface area (Å²) in [6.07, 6.45) is 0.0899. The number of rotatable bonds is 3. The summed E-state index contributed by atoms with van der Waals surface area (Å²) in [5.74, 6) is 0. The van der Waals surface area contributed by atoms with Crippen LogP contribution in [0.5, 0.6) is 0 Å². The van der Waals surface area contributed by atoms with Crippen molar-refractivity contribution in [1.29, 1.82) is 0 Å². The van der Waals surface area contributed by atoms with Crippen LogP contribution in [0.4, 0.5) is 0 Å². The van der Waals surface area contributed by atoms with E-state index in [1.165, 1.54) is 0 Å². The number of pyridine rings is 1. The Labute approximate surface area is 102 Å². The van der Waals surface area contributed by atoms with Crippen LogP contribution in [0.15, 0.2) is 42.5 Å².